The van der Waals surface area contributed by atoms with Crippen LogP contribution in [0.3, 0.4) is 0 Å². The Hall–Kier alpha value is -2.38. The van der Waals surface area contributed by atoms with Crippen molar-refractivity contribution in [2.45, 2.75) is 39.0 Å². The number of pyridine rings is 1. The van der Waals surface area contributed by atoms with E-state index in [1.807, 2.05) is 17.7 Å². The maximum atomic E-state index is 14.2. The quantitative estimate of drug-likeness (QED) is 0.668. The van der Waals surface area contributed by atoms with Crippen molar-refractivity contribution < 1.29 is 13.9 Å². The van der Waals surface area contributed by atoms with E-state index in [0.29, 0.717) is 5.75 Å². The molecule has 1 unspecified atom stereocenters. The SMILES string of the molecule is Cc1nn(C2CCCCO2)c2ncc(OCc3c(Cl)ccc(N)c3F)cc12. The average Bonchev–Trinajstić information content (AvgIpc) is 3.02. The van der Waals surface area contributed by atoms with Crippen molar-refractivity contribution in [2.75, 3.05) is 12.3 Å². The molecule has 0 radical (unpaired) electrons. The number of aromatic nitrogens is 3. The second-order valence-corrected chi connectivity index (χ2v) is 7.02. The Labute approximate surface area is 161 Å². The van der Waals surface area contributed by atoms with Crippen LogP contribution in [0.2, 0.25) is 5.02 Å². The Morgan fingerprint density at radius 3 is 3.04 bits per heavy atom. The predicted octanol–water partition coefficient (Wildman–Crippen LogP) is 4.39. The fraction of sp³-hybridized carbons (Fsp3) is 0.368. The minimum atomic E-state index is -0.560. The maximum absolute atomic E-state index is 14.2. The molecule has 1 saturated heterocycles. The smallest absolute Gasteiger partial charge is 0.160 e. The third-order valence-electron chi connectivity index (χ3n) is 4.73. The van der Waals surface area contributed by atoms with Crippen LogP contribution in [0.4, 0.5) is 10.1 Å². The summed E-state index contributed by atoms with van der Waals surface area (Å²) >= 11 is 6.06. The molecule has 1 aromatic carbocycles. The Morgan fingerprint density at radius 2 is 2.26 bits per heavy atom. The van der Waals surface area contributed by atoms with E-state index in [9.17, 15) is 4.39 Å². The minimum Gasteiger partial charge on any atom is -0.487 e. The molecule has 1 aliphatic heterocycles. The number of hydrogen-bond donors (Lipinski definition) is 1. The van der Waals surface area contributed by atoms with Crippen molar-refractivity contribution in [1.29, 1.82) is 0 Å². The Kier molecular flexibility index (Phi) is 4.88. The lowest BCUT2D eigenvalue weighted by molar-refractivity contribution is -0.0371. The second-order valence-electron chi connectivity index (χ2n) is 6.61. The van der Waals surface area contributed by atoms with Gasteiger partial charge in [0.05, 0.1) is 22.6 Å². The van der Waals surface area contributed by atoms with Crippen LogP contribution in [0, 0.1) is 12.7 Å². The topological polar surface area (TPSA) is 75.2 Å². The van der Waals surface area contributed by atoms with Crippen LogP contribution < -0.4 is 10.5 Å². The van der Waals surface area contributed by atoms with Gasteiger partial charge in [-0.3, -0.25) is 0 Å². The number of hydrogen-bond acceptors (Lipinski definition) is 5. The zero-order valence-corrected chi connectivity index (χ0v) is 15.7. The number of ether oxygens (including phenoxy) is 2. The summed E-state index contributed by atoms with van der Waals surface area (Å²) in [7, 11) is 0. The molecule has 1 atom stereocenters. The Balaban J connectivity index is 1.59. The average molecular weight is 391 g/mol. The number of benzene rings is 1. The van der Waals surface area contributed by atoms with Gasteiger partial charge >= 0.3 is 0 Å². The van der Waals surface area contributed by atoms with Gasteiger partial charge in [0, 0.05) is 17.6 Å². The summed E-state index contributed by atoms with van der Waals surface area (Å²) in [6, 6.07) is 4.83. The third-order valence-corrected chi connectivity index (χ3v) is 5.09. The molecule has 0 aliphatic carbocycles. The van der Waals surface area contributed by atoms with E-state index < -0.39 is 5.82 Å². The molecule has 2 N–H and O–H groups in total. The van der Waals surface area contributed by atoms with E-state index >= 15 is 0 Å². The van der Waals surface area contributed by atoms with Gasteiger partial charge in [0.1, 0.15) is 12.4 Å². The van der Waals surface area contributed by atoms with E-state index in [1.165, 1.54) is 6.07 Å². The summed E-state index contributed by atoms with van der Waals surface area (Å²) in [5, 5.41) is 5.74. The van der Waals surface area contributed by atoms with E-state index in [-0.39, 0.29) is 29.1 Å². The van der Waals surface area contributed by atoms with Gasteiger partial charge in [0.2, 0.25) is 0 Å². The van der Waals surface area contributed by atoms with Crippen molar-refractivity contribution in [3.8, 4) is 5.75 Å². The molecule has 2 aromatic heterocycles. The largest absolute Gasteiger partial charge is 0.487 e. The van der Waals surface area contributed by atoms with Crippen LogP contribution in [-0.4, -0.2) is 21.4 Å². The number of nitrogens with zero attached hydrogens (tertiary/aromatic N) is 3. The Bertz CT molecular complexity index is 985. The molecule has 0 amide bonds. The molecule has 142 valence electrons. The van der Waals surface area contributed by atoms with Gasteiger partial charge in [-0.15, -0.1) is 0 Å². The van der Waals surface area contributed by atoms with Gasteiger partial charge in [-0.2, -0.15) is 5.10 Å². The van der Waals surface area contributed by atoms with Gasteiger partial charge in [-0.1, -0.05) is 11.6 Å². The number of aryl methyl sites for hydroxylation is 1. The minimum absolute atomic E-state index is 0.0381. The molecule has 8 heteroatoms. The highest BCUT2D eigenvalue weighted by Crippen LogP contribution is 2.30. The first-order chi connectivity index (χ1) is 13.0. The number of rotatable bonds is 4. The first kappa shape index (κ1) is 18.0. The molecule has 27 heavy (non-hydrogen) atoms. The zero-order chi connectivity index (χ0) is 19.0. The molecular formula is C19H20ClFN4O2. The molecule has 4 rings (SSSR count). The lowest BCUT2D eigenvalue weighted by Gasteiger charge is -2.23. The molecule has 3 heterocycles. The summed E-state index contributed by atoms with van der Waals surface area (Å²) < 4.78 is 27.5. The third kappa shape index (κ3) is 3.44. The normalized spacial score (nSPS) is 17.4. The molecule has 0 bridgehead atoms. The summed E-state index contributed by atoms with van der Waals surface area (Å²) in [5.74, 6) is -0.0532. The monoisotopic (exact) mass is 390 g/mol. The van der Waals surface area contributed by atoms with Crippen molar-refractivity contribution in [3.05, 3.63) is 46.5 Å². The number of nitrogen functional groups attached to an aromatic ring is 1. The lowest BCUT2D eigenvalue weighted by Crippen LogP contribution is -2.19. The van der Waals surface area contributed by atoms with Gasteiger partial charge in [-0.05, 0) is 44.4 Å². The maximum Gasteiger partial charge on any atom is 0.160 e. The molecular weight excluding hydrogens is 371 g/mol. The van der Waals surface area contributed by atoms with Crippen molar-refractivity contribution in [2.24, 2.45) is 0 Å². The highest BCUT2D eigenvalue weighted by molar-refractivity contribution is 6.31. The van der Waals surface area contributed by atoms with E-state index in [4.69, 9.17) is 26.8 Å². The standard InChI is InChI=1S/C19H20ClFN4O2/c1-11-13-8-12(27-10-14-15(20)5-6-16(22)18(14)21)9-23-19(13)25(24-11)17-4-2-3-7-26-17/h5-6,8-9,17H,2-4,7,10,22H2,1H3. The molecule has 3 aromatic rings. The van der Waals surface area contributed by atoms with Crippen LogP contribution in [0.5, 0.6) is 5.75 Å². The van der Waals surface area contributed by atoms with Gasteiger partial charge in [0.25, 0.3) is 0 Å². The predicted molar refractivity (Wildman–Crippen MR) is 101 cm³/mol. The van der Waals surface area contributed by atoms with Crippen LogP contribution in [0.1, 0.15) is 36.7 Å². The molecule has 0 spiro atoms. The summed E-state index contributed by atoms with van der Waals surface area (Å²) in [6.07, 6.45) is 4.61. The van der Waals surface area contributed by atoms with E-state index in [2.05, 4.69) is 10.1 Å². The molecule has 1 aliphatic rings. The number of fused-ring (bicyclic) bond motifs is 1. The van der Waals surface area contributed by atoms with Crippen LogP contribution in [0.25, 0.3) is 11.0 Å². The first-order valence-electron chi connectivity index (χ1n) is 8.86. The number of halogens is 2. The van der Waals surface area contributed by atoms with Gasteiger partial charge in [-0.25, -0.2) is 14.1 Å². The zero-order valence-electron chi connectivity index (χ0n) is 14.9. The van der Waals surface area contributed by atoms with Crippen LogP contribution in [-0.2, 0) is 11.3 Å². The highest BCUT2D eigenvalue weighted by atomic mass is 35.5. The number of nitrogens with two attached hydrogens (primary N) is 1. The fourth-order valence-electron chi connectivity index (χ4n) is 3.25. The van der Waals surface area contributed by atoms with Gasteiger partial charge in [0.15, 0.2) is 17.7 Å². The van der Waals surface area contributed by atoms with E-state index in [1.54, 1.807) is 12.3 Å². The first-order valence-corrected chi connectivity index (χ1v) is 9.24. The van der Waals surface area contributed by atoms with Crippen molar-refractivity contribution in [1.82, 2.24) is 14.8 Å². The van der Waals surface area contributed by atoms with E-state index in [0.717, 1.165) is 42.6 Å². The fourth-order valence-corrected chi connectivity index (χ4v) is 3.45. The van der Waals surface area contributed by atoms with Crippen molar-refractivity contribution >= 4 is 28.3 Å². The lowest BCUT2D eigenvalue weighted by atomic mass is 10.2. The van der Waals surface area contributed by atoms with Gasteiger partial charge < -0.3 is 15.2 Å². The van der Waals surface area contributed by atoms with Crippen LogP contribution in [0.15, 0.2) is 24.4 Å². The Morgan fingerprint density at radius 1 is 1.41 bits per heavy atom. The second kappa shape index (κ2) is 7.32. The molecule has 6 nitrogen and oxygen atoms in total. The summed E-state index contributed by atoms with van der Waals surface area (Å²) in [6.45, 7) is 2.61. The number of anilines is 1. The van der Waals surface area contributed by atoms with Crippen LogP contribution >= 0.6 is 11.6 Å². The highest BCUT2D eigenvalue weighted by Gasteiger charge is 2.21. The summed E-state index contributed by atoms with van der Waals surface area (Å²) in [4.78, 5) is 4.50. The molecule has 0 saturated carbocycles. The van der Waals surface area contributed by atoms with Crippen molar-refractivity contribution in [3.63, 3.8) is 0 Å². The molecule has 1 fully saturated rings. The summed E-state index contributed by atoms with van der Waals surface area (Å²) in [5.41, 5.74) is 7.45.